The van der Waals surface area contributed by atoms with Crippen LogP contribution in [-0.2, 0) is 9.59 Å². The summed E-state index contributed by atoms with van der Waals surface area (Å²) < 4.78 is 0. The molecule has 8 rings (SSSR count). The number of fused-ring (bicyclic) bond motifs is 10. The molecule has 2 aliphatic carbocycles. The van der Waals surface area contributed by atoms with E-state index in [1.54, 1.807) is 22.3 Å². The Kier molecular flexibility index (Phi) is 8.94. The summed E-state index contributed by atoms with van der Waals surface area (Å²) in [5.74, 6) is 1.63. The smallest absolute Gasteiger partial charge is 0.220 e. The zero-order valence-electron chi connectivity index (χ0n) is 27.7. The standard InChI is InChI=1S/C40H54N4O2/c45-39(41-29-13-9-27(10-14-29)23-25-43-35-17-18-36(43)32-6-2-1-5-31(32)35)21-22-40(46)42-30-15-11-28(12-16-30)24-26-44-37-19-20-38(44)34-8-4-3-7-33(34)37/h1-8,27-30,35-38H,9-26H2,(H,41,45)(H,42,46). The van der Waals surface area contributed by atoms with Gasteiger partial charge in [-0.15, -0.1) is 0 Å². The van der Waals surface area contributed by atoms with Crippen LogP contribution in [-0.4, -0.2) is 46.8 Å². The molecule has 2 N–H and O–H groups in total. The maximum atomic E-state index is 12.7. The first-order valence-corrected chi connectivity index (χ1v) is 18.9. The Morgan fingerprint density at radius 3 is 1.15 bits per heavy atom. The molecule has 2 saturated heterocycles. The van der Waals surface area contributed by atoms with Crippen molar-refractivity contribution in [1.29, 1.82) is 0 Å². The number of benzene rings is 2. The van der Waals surface area contributed by atoms with Gasteiger partial charge in [0.15, 0.2) is 0 Å². The molecule has 2 saturated carbocycles. The van der Waals surface area contributed by atoms with Crippen molar-refractivity contribution in [3.8, 4) is 0 Å². The quantitative estimate of drug-likeness (QED) is 0.270. The molecule has 4 atom stereocenters. The number of nitrogens with one attached hydrogen (secondary N) is 2. The van der Waals surface area contributed by atoms with E-state index in [1.165, 1.54) is 77.3 Å². The molecule has 6 aliphatic rings. The highest BCUT2D eigenvalue weighted by Gasteiger charge is 2.44. The maximum absolute atomic E-state index is 12.7. The molecular weight excluding hydrogens is 568 g/mol. The summed E-state index contributed by atoms with van der Waals surface area (Å²) >= 11 is 0. The summed E-state index contributed by atoms with van der Waals surface area (Å²) in [4.78, 5) is 31.0. The number of rotatable bonds is 11. The van der Waals surface area contributed by atoms with Crippen LogP contribution in [0.2, 0.25) is 0 Å². The Balaban J connectivity index is 0.685. The van der Waals surface area contributed by atoms with Crippen molar-refractivity contribution in [1.82, 2.24) is 20.4 Å². The second-order valence-corrected chi connectivity index (χ2v) is 15.6. The zero-order valence-corrected chi connectivity index (χ0v) is 27.7. The summed E-state index contributed by atoms with van der Waals surface area (Å²) in [7, 11) is 0. The predicted octanol–water partition coefficient (Wildman–Crippen LogP) is 7.68. The van der Waals surface area contributed by atoms with E-state index in [0.717, 1.165) is 37.5 Å². The second kappa shape index (κ2) is 13.4. The molecule has 2 aromatic rings. The zero-order chi connectivity index (χ0) is 31.0. The van der Waals surface area contributed by atoms with Gasteiger partial charge in [-0.25, -0.2) is 0 Å². The van der Waals surface area contributed by atoms with Gasteiger partial charge in [0.2, 0.25) is 11.8 Å². The van der Waals surface area contributed by atoms with Gasteiger partial charge in [0.05, 0.1) is 0 Å². The number of amides is 2. The molecule has 4 heterocycles. The molecule has 246 valence electrons. The van der Waals surface area contributed by atoms with Crippen molar-refractivity contribution in [3.63, 3.8) is 0 Å². The van der Waals surface area contributed by atoms with Gasteiger partial charge in [-0.2, -0.15) is 0 Å². The molecule has 4 aliphatic heterocycles. The minimum Gasteiger partial charge on any atom is -0.353 e. The van der Waals surface area contributed by atoms with Crippen LogP contribution in [0.15, 0.2) is 48.5 Å². The number of nitrogens with zero attached hydrogens (tertiary/aromatic N) is 2. The minimum absolute atomic E-state index is 0.0479. The topological polar surface area (TPSA) is 64.7 Å². The second-order valence-electron chi connectivity index (χ2n) is 15.6. The molecule has 0 aromatic heterocycles. The van der Waals surface area contributed by atoms with E-state index < -0.39 is 0 Å². The van der Waals surface area contributed by atoms with Gasteiger partial charge >= 0.3 is 0 Å². The summed E-state index contributed by atoms with van der Waals surface area (Å²) in [5.41, 5.74) is 6.31. The van der Waals surface area contributed by atoms with Crippen LogP contribution in [0.3, 0.4) is 0 Å². The number of carbonyl (C=O) groups is 2. The molecule has 6 heteroatoms. The molecule has 4 unspecified atom stereocenters. The van der Waals surface area contributed by atoms with E-state index >= 15 is 0 Å². The first kappa shape index (κ1) is 30.6. The minimum atomic E-state index is 0.0479. The molecule has 2 amide bonds. The third kappa shape index (κ3) is 6.17. The first-order chi connectivity index (χ1) is 22.6. The fraction of sp³-hybridized carbons (Fsp3) is 0.650. The van der Waals surface area contributed by atoms with Crippen LogP contribution >= 0.6 is 0 Å². The largest absolute Gasteiger partial charge is 0.353 e. The van der Waals surface area contributed by atoms with Gasteiger partial charge in [-0.05, 0) is 137 Å². The highest BCUT2D eigenvalue weighted by molar-refractivity contribution is 5.84. The maximum Gasteiger partial charge on any atom is 0.220 e. The summed E-state index contributed by atoms with van der Waals surface area (Å²) in [6.07, 6.45) is 17.5. The third-order valence-corrected chi connectivity index (χ3v) is 13.1. The van der Waals surface area contributed by atoms with Crippen molar-refractivity contribution >= 4 is 11.8 Å². The fourth-order valence-electron chi connectivity index (χ4n) is 10.6. The third-order valence-electron chi connectivity index (χ3n) is 13.1. The van der Waals surface area contributed by atoms with Crippen LogP contribution in [0, 0.1) is 11.8 Å². The van der Waals surface area contributed by atoms with E-state index in [9.17, 15) is 9.59 Å². The summed E-state index contributed by atoms with van der Waals surface area (Å²) in [6, 6.07) is 21.3. The van der Waals surface area contributed by atoms with Gasteiger partial charge in [0.1, 0.15) is 0 Å². The van der Waals surface area contributed by atoms with E-state index in [2.05, 4.69) is 69.0 Å². The molecule has 0 radical (unpaired) electrons. The normalized spacial score (nSPS) is 33.1. The number of carbonyl (C=O) groups excluding carboxylic acids is 2. The molecule has 4 bridgehead atoms. The van der Waals surface area contributed by atoms with Gasteiger partial charge in [-0.1, -0.05) is 48.5 Å². The lowest BCUT2D eigenvalue weighted by Crippen LogP contribution is -2.40. The van der Waals surface area contributed by atoms with Gasteiger partial charge in [0, 0.05) is 49.1 Å². The van der Waals surface area contributed by atoms with Crippen LogP contribution in [0.4, 0.5) is 0 Å². The van der Waals surface area contributed by atoms with Crippen molar-refractivity contribution in [3.05, 3.63) is 70.8 Å². The average Bonchev–Trinajstić information content (AvgIpc) is 3.85. The number of hydrogen-bond donors (Lipinski definition) is 2. The van der Waals surface area contributed by atoms with Gasteiger partial charge in [-0.3, -0.25) is 19.4 Å². The van der Waals surface area contributed by atoms with Gasteiger partial charge in [0.25, 0.3) is 0 Å². The number of hydrogen-bond acceptors (Lipinski definition) is 4. The van der Waals surface area contributed by atoms with Crippen LogP contribution < -0.4 is 10.6 Å². The Labute approximate surface area is 276 Å². The van der Waals surface area contributed by atoms with E-state index in [1.807, 2.05) is 0 Å². The Morgan fingerprint density at radius 1 is 0.500 bits per heavy atom. The van der Waals surface area contributed by atoms with E-state index in [4.69, 9.17) is 0 Å². The Morgan fingerprint density at radius 2 is 0.826 bits per heavy atom. The first-order valence-electron chi connectivity index (χ1n) is 18.9. The monoisotopic (exact) mass is 622 g/mol. The SMILES string of the molecule is O=C(CCC(=O)NC1CCC(CCN2C3CCC2c2ccccc23)CC1)NC1CCC(CCN2C3CCC2c2ccccc23)CC1. The van der Waals surface area contributed by atoms with Crippen LogP contribution in [0.1, 0.15) is 149 Å². The van der Waals surface area contributed by atoms with E-state index in [0.29, 0.717) is 37.0 Å². The lowest BCUT2D eigenvalue weighted by atomic mass is 9.83. The Bertz CT molecular complexity index is 1230. The average molecular weight is 623 g/mol. The fourth-order valence-corrected chi connectivity index (χ4v) is 10.6. The van der Waals surface area contributed by atoms with Crippen molar-refractivity contribution in [2.45, 2.75) is 139 Å². The molecule has 6 nitrogen and oxygen atoms in total. The van der Waals surface area contributed by atoms with Crippen molar-refractivity contribution in [2.24, 2.45) is 11.8 Å². The molecule has 2 aromatic carbocycles. The molecule has 4 fully saturated rings. The molecular formula is C40H54N4O2. The van der Waals surface area contributed by atoms with Crippen molar-refractivity contribution in [2.75, 3.05) is 13.1 Å². The van der Waals surface area contributed by atoms with Crippen LogP contribution in [0.5, 0.6) is 0 Å². The summed E-state index contributed by atoms with van der Waals surface area (Å²) in [5, 5.41) is 6.52. The molecule has 0 spiro atoms. The highest BCUT2D eigenvalue weighted by Crippen LogP contribution is 2.54. The van der Waals surface area contributed by atoms with Crippen molar-refractivity contribution < 1.29 is 9.59 Å². The molecule has 46 heavy (non-hydrogen) atoms. The lowest BCUT2D eigenvalue weighted by Gasteiger charge is -2.31. The predicted molar refractivity (Wildman–Crippen MR) is 182 cm³/mol. The van der Waals surface area contributed by atoms with E-state index in [-0.39, 0.29) is 23.9 Å². The summed E-state index contributed by atoms with van der Waals surface area (Å²) in [6.45, 7) is 2.41. The van der Waals surface area contributed by atoms with Gasteiger partial charge < -0.3 is 10.6 Å². The lowest BCUT2D eigenvalue weighted by molar-refractivity contribution is -0.127. The highest BCUT2D eigenvalue weighted by atomic mass is 16.2. The Hall–Kier alpha value is -2.70. The van der Waals surface area contributed by atoms with Crippen LogP contribution in [0.25, 0.3) is 0 Å².